The summed E-state index contributed by atoms with van der Waals surface area (Å²) in [5.41, 5.74) is 14.2. The van der Waals surface area contributed by atoms with E-state index < -0.39 is 0 Å². The highest BCUT2D eigenvalue weighted by atomic mass is 14.6. The molecule has 4 N–H and O–H groups in total. The largest absolute Gasteiger partial charge is 0.330 e. The van der Waals surface area contributed by atoms with E-state index in [1.807, 2.05) is 0 Å². The summed E-state index contributed by atoms with van der Waals surface area (Å²) in [6.07, 6.45) is 1.96. The van der Waals surface area contributed by atoms with Gasteiger partial charge < -0.3 is 11.5 Å². The Balaban J connectivity index is 2.71. The Kier molecular flexibility index (Phi) is 4.79. The summed E-state index contributed by atoms with van der Waals surface area (Å²) < 4.78 is 0. The second-order valence-electron chi connectivity index (χ2n) is 4.36. The zero-order valence-corrected chi connectivity index (χ0v) is 9.74. The minimum Gasteiger partial charge on any atom is -0.330 e. The number of nitrogens with two attached hydrogens (primary N) is 2. The number of hydrogen-bond donors (Lipinski definition) is 2. The molecule has 0 fully saturated rings. The van der Waals surface area contributed by atoms with Gasteiger partial charge in [0.2, 0.25) is 0 Å². The van der Waals surface area contributed by atoms with Crippen molar-refractivity contribution < 1.29 is 0 Å². The van der Waals surface area contributed by atoms with Crippen molar-refractivity contribution in [3.63, 3.8) is 0 Å². The quantitative estimate of drug-likeness (QED) is 0.778. The van der Waals surface area contributed by atoms with Gasteiger partial charge in [-0.1, -0.05) is 38.1 Å². The van der Waals surface area contributed by atoms with Gasteiger partial charge in [-0.05, 0) is 36.4 Å². The van der Waals surface area contributed by atoms with Crippen molar-refractivity contribution in [3.8, 4) is 0 Å². The molecule has 2 heteroatoms. The van der Waals surface area contributed by atoms with Gasteiger partial charge >= 0.3 is 0 Å². The van der Waals surface area contributed by atoms with Crippen LogP contribution in [-0.2, 0) is 0 Å². The Morgan fingerprint density at radius 1 is 1.20 bits per heavy atom. The van der Waals surface area contributed by atoms with Crippen LogP contribution in [0.2, 0.25) is 0 Å². The molecule has 0 aromatic heterocycles. The molecule has 1 atom stereocenters. The van der Waals surface area contributed by atoms with Crippen LogP contribution in [-0.4, -0.2) is 6.54 Å². The fraction of sp³-hybridized carbons (Fsp3) is 0.538. The summed E-state index contributed by atoms with van der Waals surface area (Å²) in [5.74, 6) is 0.562. The van der Waals surface area contributed by atoms with E-state index in [1.54, 1.807) is 0 Å². The van der Waals surface area contributed by atoms with Gasteiger partial charge in [-0.25, -0.2) is 0 Å². The van der Waals surface area contributed by atoms with Crippen LogP contribution in [0.4, 0.5) is 0 Å². The summed E-state index contributed by atoms with van der Waals surface area (Å²) in [6.45, 7) is 5.12. The molecule has 0 saturated carbocycles. The number of hydrogen-bond acceptors (Lipinski definition) is 2. The van der Waals surface area contributed by atoms with Crippen molar-refractivity contribution in [3.05, 3.63) is 35.4 Å². The number of benzene rings is 1. The van der Waals surface area contributed by atoms with E-state index in [9.17, 15) is 0 Å². The molecule has 0 heterocycles. The first kappa shape index (κ1) is 12.2. The van der Waals surface area contributed by atoms with Gasteiger partial charge in [0, 0.05) is 6.04 Å². The van der Waals surface area contributed by atoms with E-state index >= 15 is 0 Å². The Morgan fingerprint density at radius 3 is 2.47 bits per heavy atom. The van der Waals surface area contributed by atoms with E-state index in [2.05, 4.69) is 38.1 Å². The molecule has 2 nitrogen and oxygen atoms in total. The minimum absolute atomic E-state index is 0.132. The maximum absolute atomic E-state index is 6.09. The third kappa shape index (κ3) is 3.65. The first-order valence-corrected chi connectivity index (χ1v) is 5.70. The van der Waals surface area contributed by atoms with Gasteiger partial charge in [-0.3, -0.25) is 0 Å². The Hall–Kier alpha value is -0.860. The fourth-order valence-electron chi connectivity index (χ4n) is 1.65. The standard InChI is InChI=1S/C13H22N2/c1-10(2)11-5-3-6-12(9-11)13(15)7-4-8-14/h3,5-6,9-10,13H,4,7-8,14-15H2,1-2H3/t13-/m1/s1. The summed E-state index contributed by atoms with van der Waals surface area (Å²) in [5, 5.41) is 0. The average Bonchev–Trinajstić information content (AvgIpc) is 2.26. The molecule has 15 heavy (non-hydrogen) atoms. The highest BCUT2D eigenvalue weighted by Gasteiger charge is 2.07. The molecule has 0 unspecified atom stereocenters. The molecule has 1 rings (SSSR count). The van der Waals surface area contributed by atoms with Crippen LogP contribution in [0, 0.1) is 0 Å². The van der Waals surface area contributed by atoms with Crippen molar-refractivity contribution in [2.75, 3.05) is 6.54 Å². The molecule has 0 saturated heterocycles. The monoisotopic (exact) mass is 206 g/mol. The summed E-state index contributed by atoms with van der Waals surface area (Å²) in [7, 11) is 0. The van der Waals surface area contributed by atoms with Gasteiger partial charge in [0.05, 0.1) is 0 Å². The van der Waals surface area contributed by atoms with Crippen LogP contribution in [0.1, 0.15) is 49.8 Å². The Bertz CT molecular complexity index is 294. The first-order chi connectivity index (χ1) is 7.15. The Labute approximate surface area is 92.7 Å². The lowest BCUT2D eigenvalue weighted by Crippen LogP contribution is -2.12. The maximum Gasteiger partial charge on any atom is 0.0295 e. The lowest BCUT2D eigenvalue weighted by atomic mass is 9.96. The minimum atomic E-state index is 0.132. The third-order valence-electron chi connectivity index (χ3n) is 2.72. The van der Waals surface area contributed by atoms with Gasteiger partial charge in [0.25, 0.3) is 0 Å². The third-order valence-corrected chi connectivity index (χ3v) is 2.72. The van der Waals surface area contributed by atoms with Crippen molar-refractivity contribution >= 4 is 0 Å². The number of rotatable bonds is 5. The second-order valence-corrected chi connectivity index (χ2v) is 4.36. The first-order valence-electron chi connectivity index (χ1n) is 5.70. The molecule has 1 aromatic carbocycles. The van der Waals surface area contributed by atoms with Crippen LogP contribution in [0.3, 0.4) is 0 Å². The summed E-state index contributed by atoms with van der Waals surface area (Å²) in [6, 6.07) is 8.70. The van der Waals surface area contributed by atoms with Gasteiger partial charge in [0.15, 0.2) is 0 Å². The lowest BCUT2D eigenvalue weighted by molar-refractivity contribution is 0.617. The van der Waals surface area contributed by atoms with E-state index in [0.29, 0.717) is 5.92 Å². The average molecular weight is 206 g/mol. The van der Waals surface area contributed by atoms with Crippen molar-refractivity contribution in [2.45, 2.75) is 38.6 Å². The zero-order valence-electron chi connectivity index (χ0n) is 9.74. The summed E-state index contributed by atoms with van der Waals surface area (Å²) in [4.78, 5) is 0. The molecule has 0 bridgehead atoms. The fourth-order valence-corrected chi connectivity index (χ4v) is 1.65. The van der Waals surface area contributed by atoms with Crippen LogP contribution in [0.25, 0.3) is 0 Å². The van der Waals surface area contributed by atoms with Gasteiger partial charge in [0.1, 0.15) is 0 Å². The van der Waals surface area contributed by atoms with Crippen molar-refractivity contribution in [2.24, 2.45) is 11.5 Å². The highest BCUT2D eigenvalue weighted by Crippen LogP contribution is 2.21. The molecular weight excluding hydrogens is 184 g/mol. The van der Waals surface area contributed by atoms with Crippen LogP contribution >= 0.6 is 0 Å². The van der Waals surface area contributed by atoms with Crippen LogP contribution < -0.4 is 11.5 Å². The Morgan fingerprint density at radius 2 is 1.87 bits per heavy atom. The van der Waals surface area contributed by atoms with E-state index in [0.717, 1.165) is 19.4 Å². The highest BCUT2D eigenvalue weighted by molar-refractivity contribution is 5.27. The normalized spacial score (nSPS) is 13.1. The second kappa shape index (κ2) is 5.89. The lowest BCUT2D eigenvalue weighted by Gasteiger charge is -2.14. The maximum atomic E-state index is 6.09. The van der Waals surface area contributed by atoms with Gasteiger partial charge in [-0.2, -0.15) is 0 Å². The van der Waals surface area contributed by atoms with Crippen LogP contribution in [0.5, 0.6) is 0 Å². The van der Waals surface area contributed by atoms with E-state index in [4.69, 9.17) is 11.5 Å². The molecule has 0 aliphatic carbocycles. The predicted molar refractivity (Wildman–Crippen MR) is 65.7 cm³/mol. The molecular formula is C13H22N2. The van der Waals surface area contributed by atoms with Crippen LogP contribution in [0.15, 0.2) is 24.3 Å². The van der Waals surface area contributed by atoms with E-state index in [1.165, 1.54) is 11.1 Å². The molecule has 0 aliphatic heterocycles. The van der Waals surface area contributed by atoms with Crippen molar-refractivity contribution in [1.82, 2.24) is 0 Å². The smallest absolute Gasteiger partial charge is 0.0295 e. The zero-order chi connectivity index (χ0) is 11.3. The predicted octanol–water partition coefficient (Wildman–Crippen LogP) is 2.55. The molecule has 0 amide bonds. The van der Waals surface area contributed by atoms with E-state index in [-0.39, 0.29) is 6.04 Å². The topological polar surface area (TPSA) is 52.0 Å². The SMILES string of the molecule is CC(C)c1cccc([C@H](N)CCCN)c1. The molecule has 1 aromatic rings. The summed E-state index contributed by atoms with van der Waals surface area (Å²) >= 11 is 0. The molecule has 0 spiro atoms. The molecule has 0 radical (unpaired) electrons. The van der Waals surface area contributed by atoms with Crippen molar-refractivity contribution in [1.29, 1.82) is 0 Å². The molecule has 0 aliphatic rings. The molecule has 84 valence electrons. The van der Waals surface area contributed by atoms with Gasteiger partial charge in [-0.15, -0.1) is 0 Å².